The van der Waals surface area contributed by atoms with Crippen LogP contribution >= 0.6 is 11.8 Å². The van der Waals surface area contributed by atoms with Gasteiger partial charge in [-0.2, -0.15) is 8.42 Å². The van der Waals surface area contributed by atoms with Gasteiger partial charge in [0, 0.05) is 43.2 Å². The summed E-state index contributed by atoms with van der Waals surface area (Å²) in [5, 5.41) is 3.20. The van der Waals surface area contributed by atoms with E-state index in [0.29, 0.717) is 29.4 Å². The minimum atomic E-state index is -4.59. The fourth-order valence-electron chi connectivity index (χ4n) is 4.07. The maximum absolute atomic E-state index is 12.5. The maximum Gasteiger partial charge on any atom is 0.362 e. The minimum Gasteiger partial charge on any atom is -0.336 e. The molecular formula is C18H22N4O6S2. The van der Waals surface area contributed by atoms with Crippen LogP contribution in [-0.4, -0.2) is 95.4 Å². The number of amides is 3. The Labute approximate surface area is 178 Å². The second-order valence-electron chi connectivity index (χ2n) is 7.36. The number of hydrogen-bond donors (Lipinski definition) is 2. The number of thioether (sulfide) groups is 1. The molecule has 3 fully saturated rings. The van der Waals surface area contributed by atoms with Crippen LogP contribution in [0.25, 0.3) is 0 Å². The van der Waals surface area contributed by atoms with Gasteiger partial charge in [0.1, 0.15) is 6.04 Å². The number of piperazine rings is 1. The number of rotatable bonds is 5. The van der Waals surface area contributed by atoms with Crippen molar-refractivity contribution in [2.24, 2.45) is 0 Å². The first-order chi connectivity index (χ1) is 14.3. The number of nitrogens with zero attached hydrogens (tertiary/aromatic N) is 3. The van der Waals surface area contributed by atoms with Gasteiger partial charge in [0.2, 0.25) is 5.91 Å². The molecule has 2 atom stereocenters. The maximum atomic E-state index is 12.5. The fraction of sp³-hybridized carbons (Fsp3) is 0.500. The zero-order valence-electron chi connectivity index (χ0n) is 16.1. The molecule has 2 unspecified atom stereocenters. The van der Waals surface area contributed by atoms with E-state index in [1.54, 1.807) is 29.2 Å². The van der Waals surface area contributed by atoms with E-state index >= 15 is 0 Å². The van der Waals surface area contributed by atoms with Crippen LogP contribution in [0.3, 0.4) is 0 Å². The third kappa shape index (κ3) is 3.92. The van der Waals surface area contributed by atoms with Crippen LogP contribution in [0.15, 0.2) is 29.2 Å². The lowest BCUT2D eigenvalue weighted by molar-refractivity contribution is -0.150. The fourth-order valence-corrected chi connectivity index (χ4v) is 5.75. The lowest BCUT2D eigenvalue weighted by Gasteiger charge is -2.42. The molecule has 4 rings (SSSR count). The van der Waals surface area contributed by atoms with E-state index in [1.807, 2.05) is 0 Å². The van der Waals surface area contributed by atoms with Crippen LogP contribution in [-0.2, 0) is 19.9 Å². The molecule has 30 heavy (non-hydrogen) atoms. The molecule has 2 N–H and O–H groups in total. The van der Waals surface area contributed by atoms with E-state index in [2.05, 4.69) is 5.32 Å². The number of β-lactam (4-membered cyclic amide) rings is 1. The number of carbonyl (C=O) groups excluding carboxylic acids is 3. The second kappa shape index (κ2) is 8.17. The van der Waals surface area contributed by atoms with Gasteiger partial charge in [0.05, 0.1) is 11.8 Å². The van der Waals surface area contributed by atoms with E-state index in [0.717, 1.165) is 18.0 Å². The molecule has 3 aliphatic heterocycles. The zero-order chi connectivity index (χ0) is 21.5. The highest BCUT2D eigenvalue weighted by atomic mass is 32.2. The van der Waals surface area contributed by atoms with E-state index < -0.39 is 28.3 Å². The molecule has 3 amide bonds. The number of fused-ring (bicyclic) bond motifs is 1. The highest BCUT2D eigenvalue weighted by Crippen LogP contribution is 2.36. The van der Waals surface area contributed by atoms with Crippen molar-refractivity contribution in [3.8, 4) is 0 Å². The summed E-state index contributed by atoms with van der Waals surface area (Å²) in [6.45, 7) is 3.19. The normalized spacial score (nSPS) is 23.9. The van der Waals surface area contributed by atoms with Gasteiger partial charge in [-0.05, 0) is 30.7 Å². The van der Waals surface area contributed by atoms with Gasteiger partial charge in [0.15, 0.2) is 0 Å². The third-order valence-electron chi connectivity index (χ3n) is 5.57. The van der Waals surface area contributed by atoms with Crippen molar-refractivity contribution in [3.05, 3.63) is 29.8 Å². The first-order valence-corrected chi connectivity index (χ1v) is 12.0. The van der Waals surface area contributed by atoms with Gasteiger partial charge >= 0.3 is 10.3 Å². The molecule has 0 spiro atoms. The molecule has 1 aromatic carbocycles. The largest absolute Gasteiger partial charge is 0.362 e. The molecule has 0 aliphatic carbocycles. The predicted octanol–water partition coefficient (Wildman–Crippen LogP) is -0.561. The molecule has 0 bridgehead atoms. The Morgan fingerprint density at radius 1 is 1.13 bits per heavy atom. The summed E-state index contributed by atoms with van der Waals surface area (Å²) in [7, 11) is -4.59. The van der Waals surface area contributed by atoms with E-state index in [4.69, 9.17) is 4.55 Å². The highest BCUT2D eigenvalue weighted by molar-refractivity contribution is 8.00. The molecule has 0 saturated carbocycles. The summed E-state index contributed by atoms with van der Waals surface area (Å²) in [4.78, 5) is 41.1. The summed E-state index contributed by atoms with van der Waals surface area (Å²) >= 11 is 1.29. The van der Waals surface area contributed by atoms with Crippen LogP contribution in [0.5, 0.6) is 0 Å². The standard InChI is InChI=1S/C18H22N4O6S2/c23-15(21-8-5-14-16(21)18(25)22(14)30(26,27)28)11-29-13-3-1-12(2-4-13)17(24)20-9-6-19-7-10-20/h1-4,14,16,19H,5-11H2,(H,26,27,28). The molecule has 3 aliphatic rings. The number of benzene rings is 1. The van der Waals surface area contributed by atoms with Gasteiger partial charge < -0.3 is 15.1 Å². The van der Waals surface area contributed by atoms with Crippen LogP contribution < -0.4 is 5.32 Å². The smallest absolute Gasteiger partial charge is 0.336 e. The first kappa shape index (κ1) is 21.1. The van der Waals surface area contributed by atoms with Crippen molar-refractivity contribution in [2.75, 3.05) is 38.5 Å². The third-order valence-corrected chi connectivity index (χ3v) is 7.52. The van der Waals surface area contributed by atoms with Crippen LogP contribution in [0, 0.1) is 0 Å². The number of hydrogen-bond acceptors (Lipinski definition) is 7. The number of likely N-dealkylation sites (tertiary alicyclic amines) is 1. The topological polar surface area (TPSA) is 127 Å². The monoisotopic (exact) mass is 454 g/mol. The van der Waals surface area contributed by atoms with Crippen LogP contribution in [0.2, 0.25) is 0 Å². The number of nitrogens with one attached hydrogen (secondary N) is 1. The lowest BCUT2D eigenvalue weighted by atomic mass is 10.0. The van der Waals surface area contributed by atoms with E-state index in [9.17, 15) is 22.8 Å². The average Bonchev–Trinajstić information content (AvgIpc) is 3.10. The number of carbonyl (C=O) groups is 3. The van der Waals surface area contributed by atoms with Gasteiger partial charge in [-0.1, -0.05) is 0 Å². The van der Waals surface area contributed by atoms with E-state index in [1.165, 1.54) is 16.7 Å². The Morgan fingerprint density at radius 3 is 2.43 bits per heavy atom. The van der Waals surface area contributed by atoms with Crippen molar-refractivity contribution >= 4 is 39.8 Å². The molecule has 162 valence electrons. The van der Waals surface area contributed by atoms with Gasteiger partial charge in [-0.15, -0.1) is 11.8 Å². The summed E-state index contributed by atoms with van der Waals surface area (Å²) in [6.07, 6.45) is 0.315. The van der Waals surface area contributed by atoms with Crippen LogP contribution in [0.1, 0.15) is 16.8 Å². The summed E-state index contributed by atoms with van der Waals surface area (Å²) in [5.74, 6) is -0.960. The summed E-state index contributed by atoms with van der Waals surface area (Å²) in [6, 6.07) is 5.55. The average molecular weight is 455 g/mol. The Bertz CT molecular complexity index is 961. The molecule has 3 saturated heterocycles. The summed E-state index contributed by atoms with van der Waals surface area (Å²) < 4.78 is 32.1. The quantitative estimate of drug-likeness (QED) is 0.344. The van der Waals surface area contributed by atoms with Gasteiger partial charge in [-0.25, -0.2) is 4.31 Å². The Hall–Kier alpha value is -2.15. The summed E-state index contributed by atoms with van der Waals surface area (Å²) in [5.41, 5.74) is 0.598. The van der Waals surface area contributed by atoms with Crippen molar-refractivity contribution < 1.29 is 27.4 Å². The van der Waals surface area contributed by atoms with E-state index in [-0.39, 0.29) is 24.1 Å². The van der Waals surface area contributed by atoms with Gasteiger partial charge in [-0.3, -0.25) is 18.9 Å². The second-order valence-corrected chi connectivity index (χ2v) is 9.69. The van der Waals surface area contributed by atoms with Crippen molar-refractivity contribution in [3.63, 3.8) is 0 Å². The molecule has 3 heterocycles. The Kier molecular flexibility index (Phi) is 5.75. The molecule has 12 heteroatoms. The van der Waals surface area contributed by atoms with Gasteiger partial charge in [0.25, 0.3) is 11.8 Å². The lowest BCUT2D eigenvalue weighted by Crippen LogP contribution is -2.68. The minimum absolute atomic E-state index is 0.0147. The van der Waals surface area contributed by atoms with Crippen LogP contribution in [0.4, 0.5) is 0 Å². The van der Waals surface area contributed by atoms with Crippen molar-refractivity contribution in [1.82, 2.24) is 19.4 Å². The molecule has 10 nitrogen and oxygen atoms in total. The Morgan fingerprint density at radius 2 is 1.80 bits per heavy atom. The predicted molar refractivity (Wildman–Crippen MR) is 108 cm³/mol. The van der Waals surface area contributed by atoms with Crippen molar-refractivity contribution in [1.29, 1.82) is 0 Å². The molecule has 0 radical (unpaired) electrons. The first-order valence-electron chi connectivity index (χ1n) is 9.60. The molecule has 1 aromatic rings. The SMILES string of the molecule is O=C(c1ccc(SCC(=O)N2CCC3C2C(=O)N3S(=O)(=O)O)cc1)N1CCNCC1. The highest BCUT2D eigenvalue weighted by Gasteiger charge is 2.59. The zero-order valence-corrected chi connectivity index (χ0v) is 17.7. The molecular weight excluding hydrogens is 432 g/mol. The van der Waals surface area contributed by atoms with Crippen molar-refractivity contribution in [2.45, 2.75) is 23.4 Å². The Balaban J connectivity index is 1.31. The molecule has 0 aromatic heterocycles.